The van der Waals surface area contributed by atoms with Crippen molar-refractivity contribution in [1.82, 2.24) is 14.9 Å². The molecule has 104 valence electrons. The van der Waals surface area contributed by atoms with Gasteiger partial charge >= 0.3 is 0 Å². The predicted octanol–water partition coefficient (Wildman–Crippen LogP) is 2.24. The largest absolute Gasteiger partial charge is 0.380 e. The molecule has 1 aromatic rings. The first-order chi connectivity index (χ1) is 8.72. The van der Waals surface area contributed by atoms with Gasteiger partial charge in [0.25, 0.3) is 0 Å². The van der Waals surface area contributed by atoms with Crippen molar-refractivity contribution >= 4 is 0 Å². The molecule has 1 heterocycles. The molecule has 1 N–H and O–H groups in total. The van der Waals surface area contributed by atoms with Crippen LogP contribution in [-0.2, 0) is 17.7 Å². The molecule has 0 aliphatic carbocycles. The lowest BCUT2D eigenvalue weighted by atomic mass is 10.1. The summed E-state index contributed by atoms with van der Waals surface area (Å²) in [5, 5.41) is 3.55. The topological polar surface area (TPSA) is 39.1 Å². The van der Waals surface area contributed by atoms with Gasteiger partial charge in [0.15, 0.2) is 0 Å². The number of hydrogen-bond donors (Lipinski definition) is 1. The number of nitrogens with one attached hydrogen (secondary N) is 1. The summed E-state index contributed by atoms with van der Waals surface area (Å²) in [6.45, 7) is 8.54. The van der Waals surface area contributed by atoms with Crippen molar-refractivity contribution in [2.45, 2.75) is 58.7 Å². The first-order valence-corrected chi connectivity index (χ1v) is 6.99. The molecule has 0 amide bonds. The van der Waals surface area contributed by atoms with Gasteiger partial charge in [-0.1, -0.05) is 13.8 Å². The Bertz CT molecular complexity index is 325. The van der Waals surface area contributed by atoms with Gasteiger partial charge in [0.2, 0.25) is 0 Å². The first kappa shape index (κ1) is 15.2. The average Bonchev–Trinajstić information content (AvgIpc) is 2.81. The molecule has 2 atom stereocenters. The maximum Gasteiger partial charge on any atom is 0.110 e. The zero-order chi connectivity index (χ0) is 13.4. The number of ether oxygens (including phenoxy) is 1. The van der Waals surface area contributed by atoms with E-state index in [-0.39, 0.29) is 6.10 Å². The maximum absolute atomic E-state index is 5.46. The molecule has 2 unspecified atom stereocenters. The predicted molar refractivity (Wildman–Crippen MR) is 74.8 cm³/mol. The summed E-state index contributed by atoms with van der Waals surface area (Å²) < 4.78 is 7.70. The second kappa shape index (κ2) is 8.27. The molecule has 0 bridgehead atoms. The summed E-state index contributed by atoms with van der Waals surface area (Å²) in [6, 6.07) is 0.327. The van der Waals surface area contributed by atoms with Crippen LogP contribution in [0, 0.1) is 0 Å². The second-order valence-corrected chi connectivity index (χ2v) is 4.74. The average molecular weight is 253 g/mol. The van der Waals surface area contributed by atoms with Crippen molar-refractivity contribution in [3.63, 3.8) is 0 Å². The van der Waals surface area contributed by atoms with Crippen molar-refractivity contribution in [3.05, 3.63) is 18.2 Å². The van der Waals surface area contributed by atoms with Crippen LogP contribution in [0.15, 0.2) is 12.4 Å². The van der Waals surface area contributed by atoms with Gasteiger partial charge in [-0.25, -0.2) is 4.98 Å². The van der Waals surface area contributed by atoms with Crippen LogP contribution in [0.2, 0.25) is 0 Å². The van der Waals surface area contributed by atoms with Gasteiger partial charge in [-0.05, 0) is 26.3 Å². The normalized spacial score (nSPS) is 14.7. The zero-order valence-corrected chi connectivity index (χ0v) is 12.1. The minimum Gasteiger partial charge on any atom is -0.380 e. The molecule has 0 aliphatic rings. The van der Waals surface area contributed by atoms with Crippen molar-refractivity contribution in [3.8, 4) is 0 Å². The summed E-state index contributed by atoms with van der Waals surface area (Å²) in [5.41, 5.74) is 0. The van der Waals surface area contributed by atoms with Crippen molar-refractivity contribution in [2.75, 3.05) is 13.7 Å². The molecule has 0 aromatic carbocycles. The highest BCUT2D eigenvalue weighted by atomic mass is 16.5. The minimum atomic E-state index is 0.198. The van der Waals surface area contributed by atoms with E-state index >= 15 is 0 Å². The molecule has 4 nitrogen and oxygen atoms in total. The molecule has 0 spiro atoms. The molecule has 1 rings (SSSR count). The van der Waals surface area contributed by atoms with Crippen LogP contribution in [0.5, 0.6) is 0 Å². The fraction of sp³-hybridized carbons (Fsp3) is 0.786. The van der Waals surface area contributed by atoms with Crippen LogP contribution >= 0.6 is 0 Å². The van der Waals surface area contributed by atoms with Crippen molar-refractivity contribution < 1.29 is 4.74 Å². The van der Waals surface area contributed by atoms with Crippen LogP contribution in [0.3, 0.4) is 0 Å². The summed E-state index contributed by atoms with van der Waals surface area (Å²) in [6.07, 6.45) is 7.34. The number of methoxy groups -OCH3 is 1. The van der Waals surface area contributed by atoms with E-state index in [9.17, 15) is 0 Å². The molecule has 0 fully saturated rings. The number of imidazole rings is 1. The molecule has 0 radical (unpaired) electrons. The summed E-state index contributed by atoms with van der Waals surface area (Å²) in [5.74, 6) is 1.15. The second-order valence-electron chi connectivity index (χ2n) is 4.74. The van der Waals surface area contributed by atoms with Crippen LogP contribution in [0.4, 0.5) is 0 Å². The molecule has 0 saturated carbocycles. The molecular formula is C14H27N3O. The zero-order valence-electron chi connectivity index (χ0n) is 12.1. The van der Waals surface area contributed by atoms with E-state index in [1.807, 2.05) is 6.20 Å². The molecule has 0 aliphatic heterocycles. The van der Waals surface area contributed by atoms with Crippen molar-refractivity contribution in [1.29, 1.82) is 0 Å². The van der Waals surface area contributed by atoms with Gasteiger partial charge in [-0.3, -0.25) is 0 Å². The lowest BCUT2D eigenvalue weighted by Crippen LogP contribution is -2.42. The van der Waals surface area contributed by atoms with E-state index < -0.39 is 0 Å². The molecule has 18 heavy (non-hydrogen) atoms. The third-order valence-electron chi connectivity index (χ3n) is 3.26. The Morgan fingerprint density at radius 2 is 2.17 bits per heavy atom. The number of nitrogens with zero attached hydrogens (tertiary/aromatic N) is 2. The molecule has 4 heteroatoms. The Morgan fingerprint density at radius 1 is 1.39 bits per heavy atom. The van der Waals surface area contributed by atoms with E-state index in [4.69, 9.17) is 4.74 Å². The summed E-state index contributed by atoms with van der Waals surface area (Å²) in [4.78, 5) is 4.47. The quantitative estimate of drug-likeness (QED) is 0.733. The van der Waals surface area contributed by atoms with Crippen molar-refractivity contribution in [2.24, 2.45) is 0 Å². The molecular weight excluding hydrogens is 226 g/mol. The van der Waals surface area contributed by atoms with Gasteiger partial charge in [-0.15, -0.1) is 0 Å². The highest BCUT2D eigenvalue weighted by Gasteiger charge is 2.18. The monoisotopic (exact) mass is 253 g/mol. The minimum absolute atomic E-state index is 0.198. The van der Waals surface area contributed by atoms with Crippen LogP contribution in [0.25, 0.3) is 0 Å². The summed E-state index contributed by atoms with van der Waals surface area (Å²) >= 11 is 0. The summed E-state index contributed by atoms with van der Waals surface area (Å²) in [7, 11) is 1.77. The molecule has 0 saturated heterocycles. The fourth-order valence-corrected chi connectivity index (χ4v) is 2.07. The van der Waals surface area contributed by atoms with E-state index in [0.29, 0.717) is 6.04 Å². The van der Waals surface area contributed by atoms with E-state index in [0.717, 1.165) is 38.2 Å². The third-order valence-corrected chi connectivity index (χ3v) is 3.26. The highest BCUT2D eigenvalue weighted by Crippen LogP contribution is 2.08. The van der Waals surface area contributed by atoms with Gasteiger partial charge in [0.05, 0.1) is 6.10 Å². The van der Waals surface area contributed by atoms with Crippen LogP contribution < -0.4 is 5.32 Å². The Morgan fingerprint density at radius 3 is 2.78 bits per heavy atom. The number of hydrogen-bond acceptors (Lipinski definition) is 3. The SMILES string of the molecule is CCCNC(Cc1nccn1CCC)C(C)OC. The van der Waals surface area contributed by atoms with E-state index in [1.165, 1.54) is 0 Å². The number of rotatable bonds is 9. The maximum atomic E-state index is 5.46. The first-order valence-electron chi connectivity index (χ1n) is 6.99. The fourth-order valence-electron chi connectivity index (χ4n) is 2.07. The van der Waals surface area contributed by atoms with E-state index in [2.05, 4.69) is 41.8 Å². The number of aromatic nitrogens is 2. The Labute approximate surface area is 111 Å². The third kappa shape index (κ3) is 4.42. The van der Waals surface area contributed by atoms with Gasteiger partial charge in [0, 0.05) is 38.5 Å². The Balaban J connectivity index is 2.65. The van der Waals surface area contributed by atoms with Crippen LogP contribution in [0.1, 0.15) is 39.4 Å². The number of aryl methyl sites for hydroxylation is 1. The highest BCUT2D eigenvalue weighted by molar-refractivity contribution is 4.97. The molecule has 1 aromatic heterocycles. The van der Waals surface area contributed by atoms with E-state index in [1.54, 1.807) is 7.11 Å². The van der Waals surface area contributed by atoms with Gasteiger partial charge in [-0.2, -0.15) is 0 Å². The Kier molecular flexibility index (Phi) is 6.98. The standard InChI is InChI=1S/C14H27N3O/c1-5-7-15-13(12(3)18-4)11-14-16-8-10-17(14)9-6-2/h8,10,12-13,15H,5-7,9,11H2,1-4H3. The lowest BCUT2D eigenvalue weighted by molar-refractivity contribution is 0.0821. The van der Waals surface area contributed by atoms with Gasteiger partial charge < -0.3 is 14.6 Å². The smallest absolute Gasteiger partial charge is 0.110 e. The lowest BCUT2D eigenvalue weighted by Gasteiger charge is -2.24. The Hall–Kier alpha value is -0.870. The van der Waals surface area contributed by atoms with Crippen LogP contribution in [-0.4, -0.2) is 35.4 Å². The van der Waals surface area contributed by atoms with Gasteiger partial charge in [0.1, 0.15) is 5.82 Å².